The maximum absolute atomic E-state index is 12.9. The first-order valence-corrected chi connectivity index (χ1v) is 31.1. The lowest BCUT2D eigenvalue weighted by atomic mass is 10.0. The lowest BCUT2D eigenvalue weighted by molar-refractivity contribution is -0.166. The number of allylic oxidation sites excluding steroid dienone is 14. The molecule has 0 aliphatic rings. The fraction of sp³-hybridized carbons (Fsp3) is 0.746. The van der Waals surface area contributed by atoms with E-state index in [-0.39, 0.29) is 37.5 Å². The molecular weight excluding hydrogens is 901 g/mol. The van der Waals surface area contributed by atoms with Crippen LogP contribution < -0.4 is 0 Å². The van der Waals surface area contributed by atoms with E-state index in [9.17, 15) is 14.4 Å². The van der Waals surface area contributed by atoms with Crippen LogP contribution in [0.25, 0.3) is 0 Å². The van der Waals surface area contributed by atoms with Crippen molar-refractivity contribution in [2.75, 3.05) is 13.2 Å². The molecule has 0 radical (unpaired) electrons. The normalized spacial score (nSPS) is 12.6. The third kappa shape index (κ3) is 59.3. The van der Waals surface area contributed by atoms with Gasteiger partial charge in [0.15, 0.2) is 6.10 Å². The van der Waals surface area contributed by atoms with Gasteiger partial charge >= 0.3 is 17.9 Å². The fourth-order valence-electron chi connectivity index (χ4n) is 8.76. The van der Waals surface area contributed by atoms with Crippen LogP contribution in [-0.2, 0) is 28.6 Å². The zero-order valence-corrected chi connectivity index (χ0v) is 48.1. The molecule has 0 saturated carbocycles. The lowest BCUT2D eigenvalue weighted by Crippen LogP contribution is -2.30. The highest BCUT2D eigenvalue weighted by atomic mass is 16.6. The van der Waals surface area contributed by atoms with Crippen LogP contribution in [0.15, 0.2) is 85.1 Å². The minimum atomic E-state index is -0.812. The molecule has 0 spiro atoms. The molecule has 6 heteroatoms. The van der Waals surface area contributed by atoms with E-state index in [1.807, 2.05) is 6.08 Å². The number of esters is 3. The summed E-state index contributed by atoms with van der Waals surface area (Å²) in [6, 6.07) is 0. The molecule has 73 heavy (non-hydrogen) atoms. The molecule has 1 unspecified atom stereocenters. The Hall–Kier alpha value is -3.41. The van der Waals surface area contributed by atoms with Gasteiger partial charge in [-0.05, 0) is 83.5 Å². The zero-order valence-electron chi connectivity index (χ0n) is 48.1. The van der Waals surface area contributed by atoms with Gasteiger partial charge < -0.3 is 14.2 Å². The predicted molar refractivity (Wildman–Crippen MR) is 316 cm³/mol. The van der Waals surface area contributed by atoms with Gasteiger partial charge in [-0.1, -0.05) is 286 Å². The van der Waals surface area contributed by atoms with Gasteiger partial charge in [-0.3, -0.25) is 14.4 Å². The summed E-state index contributed by atoms with van der Waals surface area (Å²) in [6.07, 6.45) is 80.4. The molecule has 0 aliphatic heterocycles. The molecule has 6 nitrogen and oxygen atoms in total. The Morgan fingerprint density at radius 2 is 0.562 bits per heavy atom. The van der Waals surface area contributed by atoms with Gasteiger partial charge in [0.05, 0.1) is 0 Å². The SMILES string of the molecule is CC/C=C\C/C=C\C/C=C\C/C=C\CCC(=O)OCC(COC(=O)CCCCCCCCCCCCCCCCCCCCCCCCC)OC(=O)CCCCCCCC/C=C\C/C=C\C/C=C\CCCCC. The standard InChI is InChI=1S/C67H116O6/c1-4-7-10-13-16-19-22-25-27-29-31-32-33-34-36-37-39-42-45-48-51-54-57-60-66(69)72-63-64(62-71-65(68)59-56-53-50-47-44-41-24-21-18-15-12-9-6-3)73-67(70)61-58-55-52-49-46-43-40-38-35-30-28-26-23-20-17-14-11-8-5-2/h9,12,17-18,20-21,26,28,35,38,41,44,50,53,64H,4-8,10-11,13-16,19,22-25,27,29-34,36-37,39-40,42-43,45-49,51-52,54-63H2,1-3H3/b12-9-,20-17-,21-18-,28-26-,38-35-,44-41-,53-50-. The van der Waals surface area contributed by atoms with Gasteiger partial charge in [0.2, 0.25) is 0 Å². The maximum Gasteiger partial charge on any atom is 0.306 e. The van der Waals surface area contributed by atoms with Gasteiger partial charge in [0.1, 0.15) is 13.2 Å². The average molecular weight is 1020 g/mol. The Kier molecular flexibility index (Phi) is 58.3. The lowest BCUT2D eigenvalue weighted by Gasteiger charge is -2.18. The molecule has 0 N–H and O–H groups in total. The molecule has 0 aliphatic carbocycles. The summed E-state index contributed by atoms with van der Waals surface area (Å²) < 4.78 is 16.8. The molecule has 0 fully saturated rings. The average Bonchev–Trinajstić information content (AvgIpc) is 3.39. The summed E-state index contributed by atoms with van der Waals surface area (Å²) in [5, 5.41) is 0. The first kappa shape index (κ1) is 69.6. The van der Waals surface area contributed by atoms with E-state index in [2.05, 4.69) is 99.8 Å². The highest BCUT2D eigenvalue weighted by Crippen LogP contribution is 2.17. The molecular formula is C67H116O6. The van der Waals surface area contributed by atoms with E-state index < -0.39 is 6.10 Å². The molecule has 0 amide bonds. The Labute approximate surface area is 452 Å². The summed E-state index contributed by atoms with van der Waals surface area (Å²) in [5.74, 6) is -0.989. The number of rotatable bonds is 56. The van der Waals surface area contributed by atoms with Crippen LogP contribution in [0.3, 0.4) is 0 Å². The van der Waals surface area contributed by atoms with Crippen LogP contribution in [0.4, 0.5) is 0 Å². The van der Waals surface area contributed by atoms with Crippen LogP contribution in [0.5, 0.6) is 0 Å². The topological polar surface area (TPSA) is 78.9 Å². The van der Waals surface area contributed by atoms with Crippen LogP contribution in [0.2, 0.25) is 0 Å². The van der Waals surface area contributed by atoms with Crippen LogP contribution in [-0.4, -0.2) is 37.2 Å². The summed E-state index contributed by atoms with van der Waals surface area (Å²) in [5.41, 5.74) is 0. The largest absolute Gasteiger partial charge is 0.462 e. The van der Waals surface area contributed by atoms with E-state index in [1.165, 1.54) is 167 Å². The van der Waals surface area contributed by atoms with Crippen molar-refractivity contribution in [2.45, 2.75) is 309 Å². The number of ether oxygens (including phenoxy) is 3. The first-order valence-electron chi connectivity index (χ1n) is 31.1. The van der Waals surface area contributed by atoms with E-state index in [1.54, 1.807) is 0 Å². The number of hydrogen-bond acceptors (Lipinski definition) is 6. The van der Waals surface area contributed by atoms with Crippen LogP contribution in [0, 0.1) is 0 Å². The summed E-state index contributed by atoms with van der Waals surface area (Å²) >= 11 is 0. The molecule has 420 valence electrons. The van der Waals surface area contributed by atoms with E-state index in [0.29, 0.717) is 19.3 Å². The van der Waals surface area contributed by atoms with Crippen molar-refractivity contribution in [1.29, 1.82) is 0 Å². The Balaban J connectivity index is 4.36. The van der Waals surface area contributed by atoms with Crippen LogP contribution in [0.1, 0.15) is 303 Å². The second-order valence-electron chi connectivity index (χ2n) is 20.6. The quantitative estimate of drug-likeness (QED) is 0.0261. The van der Waals surface area contributed by atoms with Crippen molar-refractivity contribution in [3.63, 3.8) is 0 Å². The summed E-state index contributed by atoms with van der Waals surface area (Å²) in [6.45, 7) is 6.45. The molecule has 0 rings (SSSR count). The number of carbonyl (C=O) groups excluding carboxylic acids is 3. The Morgan fingerprint density at radius 3 is 0.945 bits per heavy atom. The van der Waals surface area contributed by atoms with E-state index in [0.717, 1.165) is 89.9 Å². The van der Waals surface area contributed by atoms with Crippen molar-refractivity contribution in [2.24, 2.45) is 0 Å². The monoisotopic (exact) mass is 1020 g/mol. The van der Waals surface area contributed by atoms with Crippen molar-refractivity contribution >= 4 is 17.9 Å². The Bertz CT molecular complexity index is 1400. The highest BCUT2D eigenvalue weighted by molar-refractivity contribution is 5.71. The maximum atomic E-state index is 12.9. The minimum Gasteiger partial charge on any atom is -0.462 e. The number of hydrogen-bond donors (Lipinski definition) is 0. The Morgan fingerprint density at radius 1 is 0.288 bits per heavy atom. The number of carbonyl (C=O) groups is 3. The predicted octanol–water partition coefficient (Wildman–Crippen LogP) is 21.1. The second kappa shape index (κ2) is 61.1. The second-order valence-corrected chi connectivity index (χ2v) is 20.6. The van der Waals surface area contributed by atoms with E-state index in [4.69, 9.17) is 14.2 Å². The molecule has 0 bridgehead atoms. The van der Waals surface area contributed by atoms with Gasteiger partial charge in [-0.25, -0.2) is 0 Å². The minimum absolute atomic E-state index is 0.102. The van der Waals surface area contributed by atoms with Crippen molar-refractivity contribution in [3.05, 3.63) is 85.1 Å². The summed E-state index contributed by atoms with van der Waals surface area (Å²) in [4.78, 5) is 38.2. The molecule has 0 heterocycles. The molecule has 0 aromatic heterocycles. The fourth-order valence-corrected chi connectivity index (χ4v) is 8.76. The highest BCUT2D eigenvalue weighted by Gasteiger charge is 2.19. The molecule has 0 aromatic carbocycles. The smallest absolute Gasteiger partial charge is 0.306 e. The van der Waals surface area contributed by atoms with Gasteiger partial charge in [-0.2, -0.15) is 0 Å². The number of unbranched alkanes of at least 4 members (excludes halogenated alkanes) is 31. The molecule has 1 atom stereocenters. The van der Waals surface area contributed by atoms with Gasteiger partial charge in [-0.15, -0.1) is 0 Å². The summed E-state index contributed by atoms with van der Waals surface area (Å²) in [7, 11) is 0. The molecule has 0 aromatic rings. The molecule has 0 saturated heterocycles. The first-order chi connectivity index (χ1) is 36.0. The van der Waals surface area contributed by atoms with Gasteiger partial charge in [0.25, 0.3) is 0 Å². The van der Waals surface area contributed by atoms with Crippen molar-refractivity contribution < 1.29 is 28.6 Å². The van der Waals surface area contributed by atoms with Crippen LogP contribution >= 0.6 is 0 Å². The van der Waals surface area contributed by atoms with Crippen molar-refractivity contribution in [1.82, 2.24) is 0 Å². The van der Waals surface area contributed by atoms with Crippen molar-refractivity contribution in [3.8, 4) is 0 Å². The third-order valence-corrected chi connectivity index (χ3v) is 13.4. The zero-order chi connectivity index (χ0) is 52.9. The van der Waals surface area contributed by atoms with E-state index >= 15 is 0 Å². The van der Waals surface area contributed by atoms with Gasteiger partial charge in [0, 0.05) is 19.3 Å². The third-order valence-electron chi connectivity index (χ3n) is 13.4.